The highest BCUT2D eigenvalue weighted by Crippen LogP contribution is 2.26. The largest absolute Gasteiger partial charge is 0.402 e. The van der Waals surface area contributed by atoms with Crippen LogP contribution < -0.4 is 4.57 Å². The third-order valence-electron chi connectivity index (χ3n) is 6.99. The van der Waals surface area contributed by atoms with Gasteiger partial charge in [0.2, 0.25) is 5.58 Å². The van der Waals surface area contributed by atoms with Gasteiger partial charge in [0.05, 0.1) is 6.92 Å². The van der Waals surface area contributed by atoms with E-state index in [0.717, 1.165) is 18.0 Å². The van der Waals surface area contributed by atoms with Crippen LogP contribution in [0.3, 0.4) is 0 Å². The minimum absolute atomic E-state index is 0.172. The van der Waals surface area contributed by atoms with Gasteiger partial charge in [0.15, 0.2) is 6.54 Å². The molecule has 182 valence electrons. The minimum Gasteiger partial charge on any atom is -0.402 e. The summed E-state index contributed by atoms with van der Waals surface area (Å²) in [5.74, 6) is 1.03. The summed E-state index contributed by atoms with van der Waals surface area (Å²) in [7, 11) is 0. The lowest BCUT2D eigenvalue weighted by molar-refractivity contribution is -0.683. The van der Waals surface area contributed by atoms with Crippen LogP contribution in [0.15, 0.2) is 22.6 Å². The highest BCUT2D eigenvalue weighted by atomic mass is 16.3. The Morgan fingerprint density at radius 2 is 1.16 bits per heavy atom. The molecule has 0 aliphatic rings. The molecule has 0 atom stereocenters. The molecule has 0 unspecified atom stereocenters. The minimum atomic E-state index is 0.172. The smallest absolute Gasteiger partial charge is 0.344 e. The summed E-state index contributed by atoms with van der Waals surface area (Å²) < 4.78 is 8.39. The Kier molecular flexibility index (Phi) is 12.4. The lowest BCUT2D eigenvalue weighted by atomic mass is 9.87. The quantitative estimate of drug-likeness (QED) is 0.176. The molecule has 1 heterocycles. The molecule has 2 aromatic rings. The van der Waals surface area contributed by atoms with E-state index in [9.17, 15) is 0 Å². The van der Waals surface area contributed by atoms with Crippen molar-refractivity contribution in [2.24, 2.45) is 0 Å². The molecule has 1 aromatic carbocycles. The van der Waals surface area contributed by atoms with Crippen LogP contribution in [0.25, 0.3) is 11.1 Å². The number of fused-ring (bicyclic) bond motifs is 1. The molecule has 0 spiro atoms. The summed E-state index contributed by atoms with van der Waals surface area (Å²) in [6, 6.07) is 6.69. The SMILES string of the molecule is CCCCCCCCCCCCCCCCCC[n+]1c(C)oc2ccc(C(C)(C)C)cc21. The zero-order valence-corrected chi connectivity index (χ0v) is 22.1. The Balaban J connectivity index is 1.52. The second kappa shape index (κ2) is 14.8. The van der Waals surface area contributed by atoms with E-state index in [1.807, 2.05) is 0 Å². The number of nitrogens with zero attached hydrogens (tertiary/aromatic N) is 1. The molecule has 0 bridgehead atoms. The Morgan fingerprint density at radius 3 is 1.62 bits per heavy atom. The fourth-order valence-electron chi connectivity index (χ4n) is 4.76. The number of hydrogen-bond acceptors (Lipinski definition) is 1. The molecule has 2 nitrogen and oxygen atoms in total. The molecule has 0 aliphatic heterocycles. The van der Waals surface area contributed by atoms with E-state index in [2.05, 4.69) is 57.4 Å². The van der Waals surface area contributed by atoms with Gasteiger partial charge in [-0.1, -0.05) is 124 Å². The van der Waals surface area contributed by atoms with Gasteiger partial charge in [-0.25, -0.2) is 0 Å². The first kappa shape index (κ1) is 26.9. The lowest BCUT2D eigenvalue weighted by Gasteiger charge is -2.17. The summed E-state index contributed by atoms with van der Waals surface area (Å²) >= 11 is 0. The standard InChI is InChI=1S/C30H52NO/c1-6-7-8-9-10-11-12-13-14-15-16-17-18-19-20-21-24-31-26(2)32-29-23-22-27(25-28(29)31)30(3,4)5/h22-23,25H,6-21,24H2,1-5H3/q+1. The van der Waals surface area contributed by atoms with Crippen molar-refractivity contribution in [1.29, 1.82) is 0 Å². The Labute approximate surface area is 199 Å². The Bertz CT molecular complexity index is 752. The van der Waals surface area contributed by atoms with Gasteiger partial charge in [0.1, 0.15) is 0 Å². The van der Waals surface area contributed by atoms with E-state index in [-0.39, 0.29) is 5.41 Å². The fourth-order valence-corrected chi connectivity index (χ4v) is 4.76. The molecule has 0 aliphatic carbocycles. The molecule has 0 amide bonds. The summed E-state index contributed by atoms with van der Waals surface area (Å²) in [5.41, 5.74) is 3.83. The van der Waals surface area contributed by atoms with Gasteiger partial charge in [-0.15, -0.1) is 0 Å². The number of unbranched alkanes of at least 4 members (excludes halogenated alkanes) is 15. The van der Waals surface area contributed by atoms with E-state index in [1.54, 1.807) is 0 Å². The molecular formula is C30H52NO+. The number of aromatic nitrogens is 1. The van der Waals surface area contributed by atoms with E-state index in [4.69, 9.17) is 4.42 Å². The number of oxazole rings is 1. The molecular weight excluding hydrogens is 390 g/mol. The van der Waals surface area contributed by atoms with E-state index >= 15 is 0 Å². The topological polar surface area (TPSA) is 17.0 Å². The molecule has 2 rings (SSSR count). The molecule has 0 saturated heterocycles. The summed E-state index contributed by atoms with van der Waals surface area (Å²) in [6.07, 6.45) is 22.7. The monoisotopic (exact) mass is 442 g/mol. The number of aryl methyl sites for hydroxylation is 2. The van der Waals surface area contributed by atoms with Crippen LogP contribution in [-0.4, -0.2) is 0 Å². The number of rotatable bonds is 17. The molecule has 0 N–H and O–H groups in total. The third kappa shape index (κ3) is 9.67. The van der Waals surface area contributed by atoms with Crippen molar-refractivity contribution in [3.63, 3.8) is 0 Å². The van der Waals surface area contributed by atoms with Gasteiger partial charge in [0.25, 0.3) is 5.52 Å². The Hall–Kier alpha value is -1.31. The van der Waals surface area contributed by atoms with Crippen LogP contribution in [0.5, 0.6) is 0 Å². The van der Waals surface area contributed by atoms with Gasteiger partial charge in [-0.05, 0) is 23.5 Å². The van der Waals surface area contributed by atoms with Crippen LogP contribution in [0.1, 0.15) is 142 Å². The molecule has 2 heteroatoms. The first-order valence-corrected chi connectivity index (χ1v) is 13.9. The maximum absolute atomic E-state index is 6.01. The van der Waals surface area contributed by atoms with Crippen LogP contribution in [-0.2, 0) is 12.0 Å². The van der Waals surface area contributed by atoms with Crippen molar-refractivity contribution in [2.45, 2.75) is 149 Å². The first-order chi connectivity index (χ1) is 15.4. The fraction of sp³-hybridized carbons (Fsp3) is 0.767. The van der Waals surface area contributed by atoms with Crippen molar-refractivity contribution in [1.82, 2.24) is 0 Å². The number of benzene rings is 1. The van der Waals surface area contributed by atoms with Gasteiger partial charge in [-0.3, -0.25) is 0 Å². The maximum Gasteiger partial charge on any atom is 0.344 e. The van der Waals surface area contributed by atoms with Crippen LogP contribution in [0.4, 0.5) is 0 Å². The van der Waals surface area contributed by atoms with Gasteiger partial charge >= 0.3 is 5.89 Å². The molecule has 0 radical (unpaired) electrons. The Morgan fingerprint density at radius 1 is 0.688 bits per heavy atom. The van der Waals surface area contributed by atoms with Gasteiger partial charge in [0, 0.05) is 12.5 Å². The third-order valence-corrected chi connectivity index (χ3v) is 6.99. The predicted molar refractivity (Wildman–Crippen MR) is 139 cm³/mol. The second-order valence-electron chi connectivity index (χ2n) is 11.0. The second-order valence-corrected chi connectivity index (χ2v) is 11.0. The molecule has 0 fully saturated rings. The molecule has 1 aromatic heterocycles. The molecule has 32 heavy (non-hydrogen) atoms. The van der Waals surface area contributed by atoms with Crippen molar-refractivity contribution >= 4 is 11.1 Å². The molecule has 0 saturated carbocycles. The van der Waals surface area contributed by atoms with Crippen LogP contribution in [0, 0.1) is 6.92 Å². The lowest BCUT2D eigenvalue weighted by Crippen LogP contribution is -2.35. The normalized spacial score (nSPS) is 12.2. The van der Waals surface area contributed by atoms with Crippen molar-refractivity contribution < 1.29 is 8.98 Å². The highest BCUT2D eigenvalue weighted by Gasteiger charge is 2.22. The van der Waals surface area contributed by atoms with Crippen molar-refractivity contribution in [2.75, 3.05) is 0 Å². The predicted octanol–water partition coefficient (Wildman–Crippen LogP) is 9.59. The van der Waals surface area contributed by atoms with Crippen molar-refractivity contribution in [3.8, 4) is 0 Å². The van der Waals surface area contributed by atoms with E-state index in [1.165, 1.54) is 114 Å². The number of hydrogen-bond donors (Lipinski definition) is 0. The average Bonchev–Trinajstić information content (AvgIpc) is 3.07. The zero-order valence-electron chi connectivity index (χ0n) is 22.1. The highest BCUT2D eigenvalue weighted by molar-refractivity contribution is 5.70. The summed E-state index contributed by atoms with van der Waals surface area (Å²) in [6.45, 7) is 12.3. The zero-order chi connectivity index (χ0) is 23.2. The van der Waals surface area contributed by atoms with Crippen LogP contribution >= 0.6 is 0 Å². The van der Waals surface area contributed by atoms with E-state index in [0.29, 0.717) is 0 Å². The summed E-state index contributed by atoms with van der Waals surface area (Å²) in [5, 5.41) is 0. The first-order valence-electron chi connectivity index (χ1n) is 13.9. The summed E-state index contributed by atoms with van der Waals surface area (Å²) in [4.78, 5) is 0. The van der Waals surface area contributed by atoms with E-state index < -0.39 is 0 Å². The van der Waals surface area contributed by atoms with Crippen molar-refractivity contribution in [3.05, 3.63) is 29.7 Å². The van der Waals surface area contributed by atoms with Gasteiger partial charge < -0.3 is 4.42 Å². The average molecular weight is 443 g/mol. The maximum atomic E-state index is 6.01. The van der Waals surface area contributed by atoms with Crippen LogP contribution in [0.2, 0.25) is 0 Å². The van der Waals surface area contributed by atoms with Gasteiger partial charge in [-0.2, -0.15) is 4.57 Å².